The molecular formula is C13H15AsClN2O2. The molecular weight excluding hydrogens is 327 g/mol. The van der Waals surface area contributed by atoms with E-state index in [1.807, 2.05) is 18.2 Å². The third kappa shape index (κ3) is 3.74. The van der Waals surface area contributed by atoms with Crippen LogP contribution in [-0.4, -0.2) is 45.6 Å². The van der Waals surface area contributed by atoms with Crippen LogP contribution in [0.1, 0.15) is 12.8 Å². The number of amides is 2. The van der Waals surface area contributed by atoms with Crippen LogP contribution >= 0.6 is 11.6 Å². The Bertz CT molecular complexity index is 487. The molecule has 19 heavy (non-hydrogen) atoms. The van der Waals surface area contributed by atoms with Crippen molar-refractivity contribution >= 4 is 43.5 Å². The quantitative estimate of drug-likeness (QED) is 0.631. The van der Waals surface area contributed by atoms with Gasteiger partial charge in [0.25, 0.3) is 0 Å². The molecule has 4 nitrogen and oxygen atoms in total. The van der Waals surface area contributed by atoms with Crippen LogP contribution in [-0.2, 0) is 9.59 Å². The maximum atomic E-state index is 11.5. The number of primary amides is 1. The summed E-state index contributed by atoms with van der Waals surface area (Å²) in [7, 11) is 0. The zero-order valence-electron chi connectivity index (χ0n) is 10.4. The van der Waals surface area contributed by atoms with E-state index in [1.54, 1.807) is 4.90 Å². The molecule has 0 atom stereocenters. The fourth-order valence-electron chi connectivity index (χ4n) is 2.11. The number of nitrogens with two attached hydrogens (primary N) is 1. The molecule has 1 heterocycles. The second-order valence-electron chi connectivity index (χ2n) is 4.47. The molecule has 1 aliphatic heterocycles. The molecule has 1 aromatic carbocycles. The van der Waals surface area contributed by atoms with Crippen molar-refractivity contribution in [3.05, 3.63) is 29.3 Å². The average molecular weight is 342 g/mol. The first kappa shape index (κ1) is 14.4. The van der Waals surface area contributed by atoms with E-state index < -0.39 is 11.8 Å². The summed E-state index contributed by atoms with van der Waals surface area (Å²) in [6.07, 6.45) is 1.84. The van der Waals surface area contributed by atoms with E-state index in [1.165, 1.54) is 4.35 Å². The second kappa shape index (κ2) is 6.44. The van der Waals surface area contributed by atoms with Gasteiger partial charge >= 0.3 is 124 Å². The second-order valence-corrected chi connectivity index (χ2v) is 7.96. The van der Waals surface area contributed by atoms with Crippen molar-refractivity contribution in [1.82, 2.24) is 4.90 Å². The van der Waals surface area contributed by atoms with Gasteiger partial charge in [-0.05, 0) is 0 Å². The molecule has 0 aromatic heterocycles. The topological polar surface area (TPSA) is 63.4 Å². The van der Waals surface area contributed by atoms with Crippen LogP contribution in [0.2, 0.25) is 9.73 Å². The van der Waals surface area contributed by atoms with Crippen LogP contribution in [0.3, 0.4) is 0 Å². The molecule has 0 saturated carbocycles. The first-order chi connectivity index (χ1) is 9.08. The van der Waals surface area contributed by atoms with Crippen LogP contribution in [0.15, 0.2) is 24.3 Å². The number of hydrogen-bond donors (Lipinski definition) is 1. The Balaban J connectivity index is 1.89. The number of carbonyl (C=O) groups excluding carboxylic acids is 2. The predicted octanol–water partition coefficient (Wildman–Crippen LogP) is 0.566. The third-order valence-corrected chi connectivity index (χ3v) is 7.00. The molecule has 2 amide bonds. The molecule has 101 valence electrons. The van der Waals surface area contributed by atoms with Gasteiger partial charge in [0.15, 0.2) is 0 Å². The maximum absolute atomic E-state index is 11.5. The Morgan fingerprint density at radius 3 is 2.47 bits per heavy atom. The number of likely N-dealkylation sites (tertiary alicyclic amines) is 1. The Labute approximate surface area is 124 Å². The number of hydrogen-bond acceptors (Lipinski definition) is 2. The summed E-state index contributed by atoms with van der Waals surface area (Å²) in [6.45, 7) is 1.24. The van der Waals surface area contributed by atoms with Crippen molar-refractivity contribution in [2.45, 2.75) is 17.5 Å². The third-order valence-electron chi connectivity index (χ3n) is 3.14. The minimum absolute atomic E-state index is 0.00116. The number of nitrogens with zero attached hydrogens (tertiary/aromatic N) is 1. The van der Waals surface area contributed by atoms with Crippen LogP contribution in [0, 0.1) is 0 Å². The van der Waals surface area contributed by atoms with Crippen molar-refractivity contribution in [2.24, 2.45) is 5.73 Å². The van der Waals surface area contributed by atoms with Crippen molar-refractivity contribution < 1.29 is 9.59 Å². The van der Waals surface area contributed by atoms with Gasteiger partial charge in [0.1, 0.15) is 0 Å². The van der Waals surface area contributed by atoms with Gasteiger partial charge in [-0.15, -0.1) is 0 Å². The molecule has 0 aliphatic carbocycles. The van der Waals surface area contributed by atoms with Gasteiger partial charge in [0.05, 0.1) is 0 Å². The normalized spacial score (nSPS) is 17.0. The first-order valence-corrected chi connectivity index (χ1v) is 8.52. The Hall–Kier alpha value is -0.992. The number of rotatable bonds is 2. The number of benzene rings is 1. The van der Waals surface area contributed by atoms with Crippen LogP contribution in [0.25, 0.3) is 0 Å². The summed E-state index contributed by atoms with van der Waals surface area (Å²) in [6, 6.07) is 7.92. The molecule has 1 saturated heterocycles. The van der Waals surface area contributed by atoms with Gasteiger partial charge in [-0.2, -0.15) is 0 Å². The summed E-state index contributed by atoms with van der Waals surface area (Å²) in [5.74, 6) is -1.43. The van der Waals surface area contributed by atoms with Gasteiger partial charge < -0.3 is 0 Å². The first-order valence-electron chi connectivity index (χ1n) is 6.12. The molecule has 1 aromatic rings. The molecule has 0 bridgehead atoms. The zero-order chi connectivity index (χ0) is 13.8. The Morgan fingerprint density at radius 2 is 1.89 bits per heavy atom. The zero-order valence-corrected chi connectivity index (χ0v) is 13.0. The van der Waals surface area contributed by atoms with E-state index in [0.717, 1.165) is 17.9 Å². The minimum atomic E-state index is -0.863. The Morgan fingerprint density at radius 1 is 1.26 bits per heavy atom. The number of piperidine rings is 1. The summed E-state index contributed by atoms with van der Waals surface area (Å²) in [4.78, 5) is 23.8. The summed E-state index contributed by atoms with van der Waals surface area (Å²) >= 11 is 6.16. The number of halogens is 1. The van der Waals surface area contributed by atoms with Gasteiger partial charge in [0, 0.05) is 0 Å². The van der Waals surface area contributed by atoms with Gasteiger partial charge in [-0.25, -0.2) is 0 Å². The predicted molar refractivity (Wildman–Crippen MR) is 75.6 cm³/mol. The summed E-state index contributed by atoms with van der Waals surface area (Å²) in [5.41, 5.74) is 5.00. The van der Waals surface area contributed by atoms with Crippen molar-refractivity contribution in [3.63, 3.8) is 0 Å². The van der Waals surface area contributed by atoms with Crippen molar-refractivity contribution in [3.8, 4) is 0 Å². The SMILES string of the molecule is NC(=O)C(=O)N1CCC([As]c2ccccc2Cl)CC1. The average Bonchev–Trinajstić information content (AvgIpc) is 2.41. The summed E-state index contributed by atoms with van der Waals surface area (Å²) < 4.78 is 1.83. The van der Waals surface area contributed by atoms with Crippen LogP contribution < -0.4 is 10.1 Å². The van der Waals surface area contributed by atoms with E-state index in [2.05, 4.69) is 6.07 Å². The van der Waals surface area contributed by atoms with E-state index in [9.17, 15) is 9.59 Å². The molecule has 0 spiro atoms. The molecule has 2 N–H and O–H groups in total. The Kier molecular flexibility index (Phi) is 4.89. The fraction of sp³-hybridized carbons (Fsp3) is 0.385. The molecule has 1 radical (unpaired) electrons. The summed E-state index contributed by atoms with van der Waals surface area (Å²) in [5, 5.41) is 0.832. The van der Waals surface area contributed by atoms with E-state index in [0.29, 0.717) is 17.8 Å². The molecule has 1 aliphatic rings. The van der Waals surface area contributed by atoms with E-state index >= 15 is 0 Å². The standard InChI is InChI=1S/C13H15AsClN2O2/c15-11-4-2-1-3-10(11)14-9-5-7-17(8-6-9)13(19)12(16)18/h1-4,9H,5-8H2,(H2,16,18). The number of carbonyl (C=O) groups is 2. The van der Waals surface area contributed by atoms with Gasteiger partial charge in [-0.3, -0.25) is 0 Å². The molecule has 0 unspecified atom stereocenters. The molecule has 1 fully saturated rings. The van der Waals surface area contributed by atoms with Gasteiger partial charge in [0.2, 0.25) is 0 Å². The van der Waals surface area contributed by atoms with Crippen LogP contribution in [0.4, 0.5) is 0 Å². The fourth-order valence-corrected chi connectivity index (χ4v) is 5.12. The van der Waals surface area contributed by atoms with E-state index in [4.69, 9.17) is 17.3 Å². The molecule has 6 heteroatoms. The van der Waals surface area contributed by atoms with Crippen molar-refractivity contribution in [2.75, 3.05) is 13.1 Å². The van der Waals surface area contributed by atoms with Gasteiger partial charge in [-0.1, -0.05) is 0 Å². The van der Waals surface area contributed by atoms with E-state index in [-0.39, 0.29) is 15.8 Å². The van der Waals surface area contributed by atoms with Crippen LogP contribution in [0.5, 0.6) is 0 Å². The van der Waals surface area contributed by atoms with Crippen molar-refractivity contribution in [1.29, 1.82) is 0 Å². The monoisotopic (exact) mass is 341 g/mol. The molecule has 2 rings (SSSR count).